The maximum absolute atomic E-state index is 12.7. The number of fused-ring (bicyclic) bond motifs is 2. The number of urea groups is 1. The number of benzene rings is 2. The number of aliphatic hydroxyl groups is 1. The molecule has 27 heavy (non-hydrogen) atoms. The summed E-state index contributed by atoms with van der Waals surface area (Å²) in [6.45, 7) is -0.117. The largest absolute Gasteiger partial charge is 0.392 e. The highest BCUT2D eigenvalue weighted by molar-refractivity contribution is 7.91. The number of aliphatic hydroxyl groups excluding tert-OH is 1. The van der Waals surface area contributed by atoms with Crippen molar-refractivity contribution in [2.75, 3.05) is 5.32 Å². The maximum Gasteiger partial charge on any atom is 0.354 e. The standard InChI is InChI=1S/C20H23N3O3S/c21-27(26,16-9-7-13(12-24)8-10-16)23-20(25)22-19-17-5-1-3-14(17)11-15-4-2-6-18(15)19/h7-11,24H,1-6,12H2,(H3,21,22,23,25,26). The van der Waals surface area contributed by atoms with Gasteiger partial charge in [-0.3, -0.25) is 0 Å². The van der Waals surface area contributed by atoms with Gasteiger partial charge in [0.2, 0.25) is 0 Å². The van der Waals surface area contributed by atoms with Crippen molar-refractivity contribution >= 4 is 21.6 Å². The van der Waals surface area contributed by atoms with E-state index in [9.17, 15) is 9.00 Å². The number of anilines is 1. The number of rotatable bonds is 3. The molecule has 4 N–H and O–H groups in total. The number of nitrogens with one attached hydrogen (secondary N) is 1. The van der Waals surface area contributed by atoms with Crippen molar-refractivity contribution in [3.05, 3.63) is 58.1 Å². The van der Waals surface area contributed by atoms with E-state index in [1.807, 2.05) is 0 Å². The number of carbonyl (C=O) groups excluding carboxylic acids is 1. The Morgan fingerprint density at radius 1 is 1.07 bits per heavy atom. The molecule has 0 fully saturated rings. The molecule has 2 aliphatic carbocycles. The van der Waals surface area contributed by atoms with Crippen molar-refractivity contribution in [2.45, 2.75) is 50.0 Å². The Bertz CT molecular complexity index is 990. The molecule has 2 amide bonds. The van der Waals surface area contributed by atoms with Gasteiger partial charge in [-0.15, -0.1) is 4.36 Å². The quantitative estimate of drug-likeness (QED) is 0.756. The average molecular weight is 385 g/mol. The highest BCUT2D eigenvalue weighted by Crippen LogP contribution is 2.38. The molecule has 142 valence electrons. The van der Waals surface area contributed by atoms with Crippen molar-refractivity contribution in [1.29, 1.82) is 0 Å². The second-order valence-corrected chi connectivity index (χ2v) is 8.92. The van der Waals surface area contributed by atoms with Gasteiger partial charge < -0.3 is 10.4 Å². The molecular weight excluding hydrogens is 362 g/mol. The molecule has 0 heterocycles. The third-order valence-electron chi connectivity index (χ3n) is 5.37. The Kier molecular flexibility index (Phi) is 4.75. The molecule has 6 nitrogen and oxygen atoms in total. The van der Waals surface area contributed by atoms with Crippen LogP contribution in [0.2, 0.25) is 0 Å². The highest BCUT2D eigenvalue weighted by Gasteiger charge is 2.25. The minimum absolute atomic E-state index is 0.117. The van der Waals surface area contributed by atoms with Gasteiger partial charge in [-0.2, -0.15) is 0 Å². The molecule has 7 heteroatoms. The van der Waals surface area contributed by atoms with E-state index in [1.54, 1.807) is 12.1 Å². The summed E-state index contributed by atoms with van der Waals surface area (Å²) >= 11 is 0. The minimum Gasteiger partial charge on any atom is -0.392 e. The van der Waals surface area contributed by atoms with Crippen LogP contribution in [0.25, 0.3) is 0 Å². The van der Waals surface area contributed by atoms with Crippen molar-refractivity contribution in [1.82, 2.24) is 0 Å². The SMILES string of the molecule is NS(=O)(=NC(=O)Nc1c2c(cc3c1CCC3)CCC2)c1ccc(CO)cc1. The summed E-state index contributed by atoms with van der Waals surface area (Å²) in [4.78, 5) is 12.8. The first-order chi connectivity index (χ1) is 13.0. The van der Waals surface area contributed by atoms with Gasteiger partial charge in [0.15, 0.2) is 0 Å². The van der Waals surface area contributed by atoms with Crippen LogP contribution in [0.3, 0.4) is 0 Å². The Morgan fingerprint density at radius 2 is 1.67 bits per heavy atom. The van der Waals surface area contributed by atoms with Crippen LogP contribution in [0.5, 0.6) is 0 Å². The van der Waals surface area contributed by atoms with Gasteiger partial charge in [0.05, 0.1) is 11.5 Å². The van der Waals surface area contributed by atoms with Crippen LogP contribution in [0.4, 0.5) is 10.5 Å². The molecule has 0 saturated heterocycles. The second kappa shape index (κ2) is 7.07. The molecule has 4 rings (SSSR count). The fourth-order valence-electron chi connectivity index (χ4n) is 4.06. The van der Waals surface area contributed by atoms with Crippen molar-refractivity contribution in [3.63, 3.8) is 0 Å². The molecule has 0 bridgehead atoms. The minimum atomic E-state index is -3.35. The fourth-order valence-corrected chi connectivity index (χ4v) is 4.99. The van der Waals surface area contributed by atoms with E-state index in [1.165, 1.54) is 34.4 Å². The van der Waals surface area contributed by atoms with Crippen LogP contribution in [0.15, 0.2) is 39.6 Å². The zero-order valence-corrected chi connectivity index (χ0v) is 15.8. The maximum atomic E-state index is 12.7. The van der Waals surface area contributed by atoms with Crippen molar-refractivity contribution in [2.24, 2.45) is 9.50 Å². The summed E-state index contributed by atoms with van der Waals surface area (Å²) < 4.78 is 16.5. The van der Waals surface area contributed by atoms with Crippen LogP contribution in [-0.4, -0.2) is 15.3 Å². The van der Waals surface area contributed by atoms with Gasteiger partial charge in [0.1, 0.15) is 9.92 Å². The predicted octanol–water partition coefficient (Wildman–Crippen LogP) is 3.09. The van der Waals surface area contributed by atoms with E-state index in [4.69, 9.17) is 10.2 Å². The first kappa shape index (κ1) is 18.2. The summed E-state index contributed by atoms with van der Waals surface area (Å²) in [7, 11) is -3.35. The second-order valence-electron chi connectivity index (χ2n) is 7.13. The lowest BCUT2D eigenvalue weighted by atomic mass is 9.99. The van der Waals surface area contributed by atoms with Crippen molar-refractivity contribution in [3.8, 4) is 0 Å². The lowest BCUT2D eigenvalue weighted by Crippen LogP contribution is -2.19. The molecule has 1 unspecified atom stereocenters. The fraction of sp³-hybridized carbons (Fsp3) is 0.350. The summed E-state index contributed by atoms with van der Waals surface area (Å²) in [5.41, 5.74) is 6.52. The van der Waals surface area contributed by atoms with E-state index in [-0.39, 0.29) is 11.5 Å². The summed E-state index contributed by atoms with van der Waals surface area (Å²) in [6.07, 6.45) is 6.13. The van der Waals surface area contributed by atoms with E-state index in [2.05, 4.69) is 15.7 Å². The zero-order valence-electron chi connectivity index (χ0n) is 15.0. The van der Waals surface area contributed by atoms with Crippen LogP contribution < -0.4 is 10.5 Å². The number of nitrogens with zero attached hydrogens (tertiary/aromatic N) is 1. The van der Waals surface area contributed by atoms with Crippen LogP contribution in [-0.2, 0) is 42.2 Å². The van der Waals surface area contributed by atoms with Gasteiger partial charge in [0, 0.05) is 5.69 Å². The van der Waals surface area contributed by atoms with Crippen LogP contribution >= 0.6 is 0 Å². The zero-order chi connectivity index (χ0) is 19.0. The molecular formula is C20H23N3O3S. The van der Waals surface area contributed by atoms with Crippen molar-refractivity contribution < 1.29 is 14.1 Å². The van der Waals surface area contributed by atoms with E-state index >= 15 is 0 Å². The van der Waals surface area contributed by atoms with Gasteiger partial charge in [-0.1, -0.05) is 18.2 Å². The monoisotopic (exact) mass is 385 g/mol. The third kappa shape index (κ3) is 3.50. The number of carbonyl (C=O) groups is 1. The van der Waals surface area contributed by atoms with Crippen LogP contribution in [0.1, 0.15) is 40.7 Å². The predicted molar refractivity (Wildman–Crippen MR) is 105 cm³/mol. The molecule has 0 radical (unpaired) electrons. The average Bonchev–Trinajstić information content (AvgIpc) is 3.30. The summed E-state index contributed by atoms with van der Waals surface area (Å²) in [6, 6.07) is 7.90. The first-order valence-electron chi connectivity index (χ1n) is 9.20. The number of amides is 2. The number of nitrogens with two attached hydrogens (primary N) is 1. The highest BCUT2D eigenvalue weighted by atomic mass is 32.2. The van der Waals surface area contributed by atoms with Gasteiger partial charge in [0.25, 0.3) is 0 Å². The Hall–Kier alpha value is -2.22. The third-order valence-corrected chi connectivity index (χ3v) is 6.75. The molecule has 0 aromatic heterocycles. The molecule has 2 aromatic rings. The van der Waals surface area contributed by atoms with E-state index in [0.717, 1.165) is 44.2 Å². The Balaban J connectivity index is 1.65. The van der Waals surface area contributed by atoms with Gasteiger partial charge >= 0.3 is 6.03 Å². The smallest absolute Gasteiger partial charge is 0.354 e. The topological polar surface area (TPSA) is 105 Å². The summed E-state index contributed by atoms with van der Waals surface area (Å²) in [5.74, 6) is 0. The molecule has 0 aliphatic heterocycles. The summed E-state index contributed by atoms with van der Waals surface area (Å²) in [5, 5.41) is 17.8. The van der Waals surface area contributed by atoms with Crippen LogP contribution in [0, 0.1) is 0 Å². The molecule has 2 aromatic carbocycles. The number of hydrogen-bond acceptors (Lipinski definition) is 3. The Morgan fingerprint density at radius 3 is 2.22 bits per heavy atom. The van der Waals surface area contributed by atoms with E-state index in [0.29, 0.717) is 5.56 Å². The van der Waals surface area contributed by atoms with Gasteiger partial charge in [-0.05, 0) is 78.5 Å². The normalized spacial score (nSPS) is 17.1. The van der Waals surface area contributed by atoms with E-state index < -0.39 is 15.9 Å². The number of hydrogen-bond donors (Lipinski definition) is 3. The molecule has 1 atom stereocenters. The van der Waals surface area contributed by atoms with Gasteiger partial charge in [-0.25, -0.2) is 14.1 Å². The molecule has 0 spiro atoms. The number of aryl methyl sites for hydroxylation is 2. The molecule has 0 saturated carbocycles. The lowest BCUT2D eigenvalue weighted by Gasteiger charge is -2.15. The molecule has 2 aliphatic rings. The Labute approximate surface area is 159 Å². The first-order valence-corrected chi connectivity index (χ1v) is 10.8. The lowest BCUT2D eigenvalue weighted by molar-refractivity contribution is 0.260.